The van der Waals surface area contributed by atoms with Gasteiger partial charge in [-0.05, 0) is 44.0 Å². The van der Waals surface area contributed by atoms with E-state index in [-0.39, 0.29) is 12.0 Å². The van der Waals surface area contributed by atoms with Gasteiger partial charge in [-0.15, -0.1) is 11.3 Å². The van der Waals surface area contributed by atoms with Crippen LogP contribution in [0.25, 0.3) is 11.3 Å². The number of hydrogen-bond acceptors (Lipinski definition) is 5. The second kappa shape index (κ2) is 6.46. The number of carbonyl (C=O) groups is 1. The van der Waals surface area contributed by atoms with E-state index >= 15 is 0 Å². The monoisotopic (exact) mass is 318 g/mol. The minimum absolute atomic E-state index is 0.104. The molecule has 2 aromatic rings. The van der Waals surface area contributed by atoms with Crippen molar-refractivity contribution in [2.24, 2.45) is 0 Å². The molecule has 0 aliphatic carbocycles. The molecule has 0 radical (unpaired) electrons. The topological polar surface area (TPSA) is 60.5 Å². The van der Waals surface area contributed by atoms with Crippen molar-refractivity contribution < 1.29 is 14.3 Å². The molecule has 1 fully saturated rings. The Hall–Kier alpha value is -1.92. The van der Waals surface area contributed by atoms with Gasteiger partial charge in [-0.25, -0.2) is 4.98 Å². The predicted molar refractivity (Wildman–Crippen MR) is 86.4 cm³/mol. The van der Waals surface area contributed by atoms with E-state index in [2.05, 4.69) is 10.3 Å². The number of nitrogens with zero attached hydrogens (tertiary/aromatic N) is 1. The molecule has 0 saturated carbocycles. The Morgan fingerprint density at radius 3 is 2.82 bits per heavy atom. The van der Waals surface area contributed by atoms with Gasteiger partial charge in [-0.3, -0.25) is 10.1 Å². The summed E-state index contributed by atoms with van der Waals surface area (Å²) in [5.74, 6) is 0.705. The van der Waals surface area contributed by atoms with Crippen LogP contribution in [0, 0.1) is 6.92 Å². The van der Waals surface area contributed by atoms with Crippen LogP contribution in [0.5, 0.6) is 5.75 Å². The number of amides is 1. The van der Waals surface area contributed by atoms with Gasteiger partial charge in [0, 0.05) is 17.0 Å². The first kappa shape index (κ1) is 15.0. The van der Waals surface area contributed by atoms with E-state index in [1.165, 1.54) is 11.3 Å². The van der Waals surface area contributed by atoms with Crippen LogP contribution < -0.4 is 10.1 Å². The average Bonchev–Trinajstić information content (AvgIpc) is 3.17. The van der Waals surface area contributed by atoms with E-state index in [9.17, 15) is 4.79 Å². The van der Waals surface area contributed by atoms with E-state index < -0.39 is 0 Å². The number of thiazole rings is 1. The largest absolute Gasteiger partial charge is 0.497 e. The fourth-order valence-electron chi connectivity index (χ4n) is 2.44. The Labute approximate surface area is 133 Å². The van der Waals surface area contributed by atoms with Gasteiger partial charge in [0.2, 0.25) is 0 Å². The zero-order valence-corrected chi connectivity index (χ0v) is 13.4. The number of benzene rings is 1. The van der Waals surface area contributed by atoms with Crippen LogP contribution >= 0.6 is 11.3 Å². The van der Waals surface area contributed by atoms with E-state index in [1.54, 1.807) is 7.11 Å². The summed E-state index contributed by atoms with van der Waals surface area (Å²) in [5.41, 5.74) is 1.89. The molecule has 5 nitrogen and oxygen atoms in total. The average molecular weight is 318 g/mol. The Morgan fingerprint density at radius 1 is 1.41 bits per heavy atom. The summed E-state index contributed by atoms with van der Waals surface area (Å²) in [7, 11) is 1.64. The predicted octanol–water partition coefficient (Wildman–Crippen LogP) is 3.24. The third-order valence-corrected chi connectivity index (χ3v) is 4.50. The van der Waals surface area contributed by atoms with Gasteiger partial charge in [0.25, 0.3) is 5.91 Å². The first-order valence-electron chi connectivity index (χ1n) is 7.21. The van der Waals surface area contributed by atoms with Gasteiger partial charge < -0.3 is 9.47 Å². The molecule has 1 aliphatic heterocycles. The minimum atomic E-state index is -0.339. The molecule has 116 valence electrons. The lowest BCUT2D eigenvalue weighted by Gasteiger charge is -2.07. The van der Waals surface area contributed by atoms with Crippen molar-refractivity contribution in [3.05, 3.63) is 29.1 Å². The summed E-state index contributed by atoms with van der Waals surface area (Å²) in [6.07, 6.45) is 1.38. The lowest BCUT2D eigenvalue weighted by molar-refractivity contribution is -0.124. The summed E-state index contributed by atoms with van der Waals surface area (Å²) in [4.78, 5) is 17.7. The molecule has 1 amide bonds. The van der Waals surface area contributed by atoms with Gasteiger partial charge in [-0.1, -0.05) is 0 Å². The zero-order valence-electron chi connectivity index (χ0n) is 12.6. The number of methoxy groups -OCH3 is 1. The number of nitrogens with one attached hydrogen (secondary N) is 1. The van der Waals surface area contributed by atoms with Crippen LogP contribution in [-0.4, -0.2) is 30.7 Å². The maximum atomic E-state index is 12.1. The summed E-state index contributed by atoms with van der Waals surface area (Å²) >= 11 is 1.48. The maximum absolute atomic E-state index is 12.1. The molecule has 6 heteroatoms. The second-order valence-electron chi connectivity index (χ2n) is 5.14. The van der Waals surface area contributed by atoms with Gasteiger partial charge in [-0.2, -0.15) is 0 Å². The highest BCUT2D eigenvalue weighted by molar-refractivity contribution is 7.16. The summed E-state index contributed by atoms with van der Waals surface area (Å²) in [6.45, 7) is 2.66. The molecule has 22 heavy (non-hydrogen) atoms. The highest BCUT2D eigenvalue weighted by atomic mass is 32.1. The van der Waals surface area contributed by atoms with Crippen LogP contribution in [0.1, 0.15) is 17.7 Å². The van der Waals surface area contributed by atoms with Crippen LogP contribution in [0.3, 0.4) is 0 Å². The molecule has 1 aromatic heterocycles. The molecule has 1 atom stereocenters. The van der Waals surface area contributed by atoms with Crippen molar-refractivity contribution in [3.8, 4) is 17.0 Å². The van der Waals surface area contributed by atoms with E-state index in [0.717, 1.165) is 34.7 Å². The number of anilines is 1. The molecule has 0 bridgehead atoms. The standard InChI is InChI=1S/C16H18N2O3S/c1-10-14(11-5-7-12(20-2)8-6-11)17-16(22-10)18-15(19)13-4-3-9-21-13/h5-8,13H,3-4,9H2,1-2H3,(H,17,18,19)/t13-/m0/s1. The fraction of sp³-hybridized carbons (Fsp3) is 0.375. The first-order valence-corrected chi connectivity index (χ1v) is 8.03. The lowest BCUT2D eigenvalue weighted by atomic mass is 10.1. The van der Waals surface area contributed by atoms with Gasteiger partial charge >= 0.3 is 0 Å². The molecule has 1 N–H and O–H groups in total. The van der Waals surface area contributed by atoms with E-state index in [4.69, 9.17) is 9.47 Å². The van der Waals surface area contributed by atoms with E-state index in [0.29, 0.717) is 11.7 Å². The molecular weight excluding hydrogens is 300 g/mol. The Kier molecular flexibility index (Phi) is 4.40. The fourth-order valence-corrected chi connectivity index (χ4v) is 3.28. The van der Waals surface area contributed by atoms with E-state index in [1.807, 2.05) is 31.2 Å². The molecule has 1 saturated heterocycles. The smallest absolute Gasteiger partial charge is 0.255 e. The van der Waals surface area contributed by atoms with Crippen LogP contribution in [0.4, 0.5) is 5.13 Å². The molecule has 0 spiro atoms. The zero-order chi connectivity index (χ0) is 15.5. The molecular formula is C16H18N2O3S. The van der Waals surface area contributed by atoms with Crippen LogP contribution in [-0.2, 0) is 9.53 Å². The Bertz CT molecular complexity index is 661. The summed E-state index contributed by atoms with van der Waals surface area (Å²) in [6, 6.07) is 7.73. The number of aromatic nitrogens is 1. The third-order valence-electron chi connectivity index (χ3n) is 3.61. The number of hydrogen-bond donors (Lipinski definition) is 1. The Morgan fingerprint density at radius 2 is 2.18 bits per heavy atom. The Balaban J connectivity index is 1.76. The lowest BCUT2D eigenvalue weighted by Crippen LogP contribution is -2.26. The number of carbonyl (C=O) groups excluding carboxylic acids is 1. The number of aryl methyl sites for hydroxylation is 1. The van der Waals surface area contributed by atoms with Gasteiger partial charge in [0.15, 0.2) is 5.13 Å². The molecule has 1 aromatic carbocycles. The van der Waals surface area contributed by atoms with Crippen molar-refractivity contribution >= 4 is 22.4 Å². The van der Waals surface area contributed by atoms with Crippen molar-refractivity contribution in [1.29, 1.82) is 0 Å². The minimum Gasteiger partial charge on any atom is -0.497 e. The van der Waals surface area contributed by atoms with Gasteiger partial charge in [0.1, 0.15) is 11.9 Å². The quantitative estimate of drug-likeness (QED) is 0.940. The second-order valence-corrected chi connectivity index (χ2v) is 6.35. The SMILES string of the molecule is COc1ccc(-c2nc(NC(=O)[C@@H]3CCCO3)sc2C)cc1. The highest BCUT2D eigenvalue weighted by Gasteiger charge is 2.24. The third kappa shape index (κ3) is 3.13. The number of ether oxygens (including phenoxy) is 2. The number of rotatable bonds is 4. The molecule has 3 rings (SSSR count). The van der Waals surface area contributed by atoms with Crippen LogP contribution in [0.2, 0.25) is 0 Å². The highest BCUT2D eigenvalue weighted by Crippen LogP contribution is 2.31. The van der Waals surface area contributed by atoms with Crippen molar-refractivity contribution in [3.63, 3.8) is 0 Å². The van der Waals surface area contributed by atoms with Crippen LogP contribution in [0.15, 0.2) is 24.3 Å². The summed E-state index contributed by atoms with van der Waals surface area (Å²) in [5, 5.41) is 3.47. The van der Waals surface area contributed by atoms with Crippen molar-refractivity contribution in [1.82, 2.24) is 4.98 Å². The maximum Gasteiger partial charge on any atom is 0.255 e. The summed E-state index contributed by atoms with van der Waals surface area (Å²) < 4.78 is 10.5. The van der Waals surface area contributed by atoms with Crippen molar-refractivity contribution in [2.45, 2.75) is 25.9 Å². The van der Waals surface area contributed by atoms with Crippen molar-refractivity contribution in [2.75, 3.05) is 19.0 Å². The molecule has 2 heterocycles. The normalized spacial score (nSPS) is 17.5. The molecule has 1 aliphatic rings. The van der Waals surface area contributed by atoms with Gasteiger partial charge in [0.05, 0.1) is 12.8 Å². The molecule has 0 unspecified atom stereocenters. The first-order chi connectivity index (χ1) is 10.7.